The summed E-state index contributed by atoms with van der Waals surface area (Å²) < 4.78 is 30.4. The van der Waals surface area contributed by atoms with E-state index in [4.69, 9.17) is 27.5 Å². The predicted molar refractivity (Wildman–Crippen MR) is 88.6 cm³/mol. The molecule has 10 heteroatoms. The first kappa shape index (κ1) is 23.5. The van der Waals surface area contributed by atoms with Crippen LogP contribution in [0.2, 0.25) is 6.55 Å². The van der Waals surface area contributed by atoms with Gasteiger partial charge < -0.3 is 27.5 Å². The molecule has 0 aromatic carbocycles. The summed E-state index contributed by atoms with van der Waals surface area (Å²) in [5.74, 6) is -1.95. The fourth-order valence-corrected chi connectivity index (χ4v) is 3.59. The van der Waals surface area contributed by atoms with Crippen LogP contribution in [-0.4, -0.2) is 66.9 Å². The highest BCUT2D eigenvalue weighted by Gasteiger charge is 2.46. The number of hydrogen-bond acceptors (Lipinski definition) is 9. The van der Waals surface area contributed by atoms with Crippen LogP contribution in [0.3, 0.4) is 0 Å². The first-order valence-corrected chi connectivity index (χ1v) is 10.2. The number of rotatable bonds is 13. The van der Waals surface area contributed by atoms with Crippen molar-refractivity contribution in [1.29, 1.82) is 0 Å². The monoisotopic (exact) mass is 380 g/mol. The van der Waals surface area contributed by atoms with Crippen molar-refractivity contribution in [1.82, 2.24) is 0 Å². The van der Waals surface area contributed by atoms with E-state index in [-0.39, 0.29) is 12.5 Å². The summed E-state index contributed by atoms with van der Waals surface area (Å²) >= 11 is 0. The average molecular weight is 380 g/mol. The van der Waals surface area contributed by atoms with E-state index in [1.807, 2.05) is 0 Å². The van der Waals surface area contributed by atoms with Gasteiger partial charge in [0, 0.05) is 47.6 Å². The van der Waals surface area contributed by atoms with E-state index in [0.29, 0.717) is 32.7 Å². The van der Waals surface area contributed by atoms with E-state index in [1.54, 1.807) is 14.2 Å². The summed E-state index contributed by atoms with van der Waals surface area (Å²) in [6, 6.07) is 0. The molecule has 0 aliphatic rings. The number of ether oxygens (including phenoxy) is 3. The fraction of sp³-hybridized carbons (Fsp3) is 0.800. The molecule has 1 unspecified atom stereocenters. The van der Waals surface area contributed by atoms with Gasteiger partial charge in [-0.15, -0.1) is 0 Å². The summed E-state index contributed by atoms with van der Waals surface area (Å²) in [6.07, 6.45) is 1.12. The molecule has 9 nitrogen and oxygen atoms in total. The highest BCUT2D eigenvalue weighted by atomic mass is 28.4. The van der Waals surface area contributed by atoms with Crippen molar-refractivity contribution in [3.63, 3.8) is 0 Å². The van der Waals surface area contributed by atoms with Gasteiger partial charge in [-0.25, -0.2) is 0 Å². The highest BCUT2D eigenvalue weighted by molar-refractivity contribution is 6.64. The van der Waals surface area contributed by atoms with Crippen LogP contribution in [-0.2, 0) is 41.9 Å². The Labute approximate surface area is 149 Å². The minimum atomic E-state index is -3.65. The van der Waals surface area contributed by atoms with E-state index < -0.39 is 26.7 Å². The Morgan fingerprint density at radius 1 is 0.920 bits per heavy atom. The Balaban J connectivity index is 4.07. The second-order valence-electron chi connectivity index (χ2n) is 5.37. The minimum absolute atomic E-state index is 0.0975. The third-order valence-electron chi connectivity index (χ3n) is 2.87. The predicted octanol–water partition coefficient (Wildman–Crippen LogP) is 1.07. The molecule has 0 fully saturated rings. The smallest absolute Gasteiger partial charge is 0.455 e. The van der Waals surface area contributed by atoms with E-state index in [2.05, 4.69) is 0 Å². The Morgan fingerprint density at radius 3 is 2.00 bits per heavy atom. The van der Waals surface area contributed by atoms with Crippen LogP contribution in [0.25, 0.3) is 0 Å². The maximum Gasteiger partial charge on any atom is 0.701 e. The van der Waals surface area contributed by atoms with Gasteiger partial charge >= 0.3 is 8.80 Å². The molecule has 0 aliphatic heterocycles. The molecule has 1 atom stereocenters. The Morgan fingerprint density at radius 2 is 1.52 bits per heavy atom. The van der Waals surface area contributed by atoms with E-state index >= 15 is 0 Å². The molecular weight excluding hydrogens is 352 g/mol. The lowest BCUT2D eigenvalue weighted by Crippen LogP contribution is -2.46. The topological polar surface area (TPSA) is 107 Å². The summed E-state index contributed by atoms with van der Waals surface area (Å²) in [5.41, 5.74) is 0. The molecule has 0 amide bonds. The van der Waals surface area contributed by atoms with Gasteiger partial charge in [0.2, 0.25) is 0 Å². The van der Waals surface area contributed by atoms with Crippen molar-refractivity contribution in [3.8, 4) is 0 Å². The summed E-state index contributed by atoms with van der Waals surface area (Å²) in [7, 11) is -0.490. The van der Waals surface area contributed by atoms with Gasteiger partial charge in [-0.1, -0.05) is 0 Å². The molecule has 0 aromatic heterocycles. The number of hydrogen-bond donors (Lipinski definition) is 0. The van der Waals surface area contributed by atoms with Crippen LogP contribution in [0.5, 0.6) is 0 Å². The number of unbranched alkanes of at least 4 members (excludes halogenated alkanes) is 1. The zero-order valence-corrected chi connectivity index (χ0v) is 16.5. The van der Waals surface area contributed by atoms with Crippen molar-refractivity contribution >= 4 is 26.7 Å². The van der Waals surface area contributed by atoms with Gasteiger partial charge in [0.05, 0.1) is 13.2 Å². The molecule has 0 heterocycles. The van der Waals surface area contributed by atoms with Crippen molar-refractivity contribution < 1.29 is 41.9 Å². The Bertz CT molecular complexity index is 411. The van der Waals surface area contributed by atoms with Gasteiger partial charge in [0.25, 0.3) is 17.9 Å². The molecule has 0 saturated heterocycles. The van der Waals surface area contributed by atoms with Crippen LogP contribution in [0.1, 0.15) is 33.1 Å². The van der Waals surface area contributed by atoms with Crippen LogP contribution in [0.4, 0.5) is 0 Å². The molecule has 146 valence electrons. The molecule has 0 N–H and O–H groups in total. The van der Waals surface area contributed by atoms with Gasteiger partial charge in [0.1, 0.15) is 6.10 Å². The Kier molecular flexibility index (Phi) is 12.0. The number of carbonyl (C=O) groups is 3. The molecular formula is C15H28O9Si. The number of methoxy groups -OCH3 is 2. The third-order valence-corrected chi connectivity index (χ3v) is 4.78. The van der Waals surface area contributed by atoms with E-state index in [9.17, 15) is 14.4 Å². The van der Waals surface area contributed by atoms with Crippen molar-refractivity contribution in [2.75, 3.05) is 34.0 Å². The van der Waals surface area contributed by atoms with Crippen LogP contribution >= 0.6 is 0 Å². The first-order chi connectivity index (χ1) is 11.7. The average Bonchev–Trinajstić information content (AvgIpc) is 2.47. The zero-order valence-electron chi connectivity index (χ0n) is 15.5. The standard InChI is InChI=1S/C15H28O9Si/c1-12(16)22-25(5,23-13(2)17)24-15(18)8-6-7-9-21-11-14(20-4)10-19-3/h14H,6-11H2,1-5H3. The van der Waals surface area contributed by atoms with Gasteiger partial charge in [-0.2, -0.15) is 0 Å². The lowest BCUT2D eigenvalue weighted by Gasteiger charge is -2.23. The van der Waals surface area contributed by atoms with E-state index in [1.165, 1.54) is 6.55 Å². The van der Waals surface area contributed by atoms with Crippen molar-refractivity contribution in [3.05, 3.63) is 0 Å². The quantitative estimate of drug-likeness (QED) is 0.342. The lowest BCUT2D eigenvalue weighted by atomic mass is 10.2. The summed E-state index contributed by atoms with van der Waals surface area (Å²) in [5, 5.41) is 0. The molecule has 0 saturated carbocycles. The van der Waals surface area contributed by atoms with Crippen LogP contribution < -0.4 is 0 Å². The lowest BCUT2D eigenvalue weighted by molar-refractivity contribution is -0.148. The molecule has 0 bridgehead atoms. The molecule has 0 radical (unpaired) electrons. The molecule has 0 aromatic rings. The fourth-order valence-electron chi connectivity index (χ4n) is 1.90. The van der Waals surface area contributed by atoms with Gasteiger partial charge in [-0.05, 0) is 12.8 Å². The second kappa shape index (κ2) is 12.8. The van der Waals surface area contributed by atoms with Crippen molar-refractivity contribution in [2.45, 2.75) is 45.8 Å². The molecule has 25 heavy (non-hydrogen) atoms. The highest BCUT2D eigenvalue weighted by Crippen LogP contribution is 2.13. The first-order valence-electron chi connectivity index (χ1n) is 7.93. The number of carbonyl (C=O) groups excluding carboxylic acids is 3. The third kappa shape index (κ3) is 12.5. The minimum Gasteiger partial charge on any atom is -0.455 e. The summed E-state index contributed by atoms with van der Waals surface area (Å²) in [4.78, 5) is 34.0. The maximum atomic E-state index is 11.8. The summed E-state index contributed by atoms with van der Waals surface area (Å²) in [6.45, 7) is 4.92. The molecule has 0 aliphatic carbocycles. The van der Waals surface area contributed by atoms with Gasteiger partial charge in [-0.3, -0.25) is 14.4 Å². The van der Waals surface area contributed by atoms with Gasteiger partial charge in [0.15, 0.2) is 0 Å². The largest absolute Gasteiger partial charge is 0.701 e. The van der Waals surface area contributed by atoms with E-state index in [0.717, 1.165) is 13.8 Å². The normalized spacial score (nSPS) is 12.4. The maximum absolute atomic E-state index is 11.8. The molecule has 0 rings (SSSR count). The van der Waals surface area contributed by atoms with Crippen molar-refractivity contribution in [2.24, 2.45) is 0 Å². The molecule has 0 spiro atoms. The zero-order chi connectivity index (χ0) is 19.3. The SMILES string of the molecule is COCC(COCCCCC(=O)O[Si](C)(OC(C)=O)OC(C)=O)OC. The van der Waals surface area contributed by atoms with Crippen LogP contribution in [0, 0.1) is 0 Å². The Hall–Kier alpha value is -1.49. The van der Waals surface area contributed by atoms with Crippen LogP contribution in [0.15, 0.2) is 0 Å². The second-order valence-corrected chi connectivity index (χ2v) is 7.71.